The van der Waals surface area contributed by atoms with Crippen molar-refractivity contribution in [2.75, 3.05) is 6.61 Å². The van der Waals surface area contributed by atoms with Crippen molar-refractivity contribution >= 4 is 5.97 Å². The third-order valence-corrected chi connectivity index (χ3v) is 3.13. The Bertz CT molecular complexity index is 566. The molecule has 0 amide bonds. The molecule has 0 heterocycles. The fourth-order valence-electron chi connectivity index (χ4n) is 2.17. The highest BCUT2D eigenvalue weighted by molar-refractivity contribution is 5.78. The summed E-state index contributed by atoms with van der Waals surface area (Å²) in [4.78, 5) is 12.1. The third kappa shape index (κ3) is 3.44. The van der Waals surface area contributed by atoms with Crippen molar-refractivity contribution < 1.29 is 13.9 Å². The van der Waals surface area contributed by atoms with Crippen molar-refractivity contribution in [2.45, 2.75) is 19.3 Å². The summed E-state index contributed by atoms with van der Waals surface area (Å²) in [6, 6.07) is 15.9. The number of benzene rings is 2. The zero-order valence-electron chi connectivity index (χ0n) is 11.4. The Morgan fingerprint density at radius 3 is 2.40 bits per heavy atom. The van der Waals surface area contributed by atoms with Crippen molar-refractivity contribution in [1.82, 2.24) is 0 Å². The van der Waals surface area contributed by atoms with E-state index in [9.17, 15) is 9.18 Å². The number of rotatable bonds is 5. The second kappa shape index (κ2) is 6.85. The van der Waals surface area contributed by atoms with E-state index in [0.717, 1.165) is 5.56 Å². The predicted molar refractivity (Wildman–Crippen MR) is 75.9 cm³/mol. The van der Waals surface area contributed by atoms with E-state index in [1.165, 1.54) is 6.07 Å². The number of ether oxygens (including phenoxy) is 1. The van der Waals surface area contributed by atoms with Gasteiger partial charge in [-0.2, -0.15) is 0 Å². The Hall–Kier alpha value is -2.16. The number of halogens is 1. The van der Waals surface area contributed by atoms with Crippen molar-refractivity contribution in [3.8, 4) is 0 Å². The second-order valence-electron chi connectivity index (χ2n) is 4.52. The summed E-state index contributed by atoms with van der Waals surface area (Å²) < 4.78 is 19.0. The molecule has 20 heavy (non-hydrogen) atoms. The molecule has 0 spiro atoms. The lowest BCUT2D eigenvalue weighted by Crippen LogP contribution is -2.19. The maximum absolute atomic E-state index is 13.9. The molecular weight excluding hydrogens is 255 g/mol. The van der Waals surface area contributed by atoms with Gasteiger partial charge in [0.2, 0.25) is 0 Å². The predicted octanol–water partition coefficient (Wildman–Crippen LogP) is 3.72. The molecule has 0 radical (unpaired) electrons. The molecular formula is C17H17FO2. The van der Waals surface area contributed by atoms with Crippen molar-refractivity contribution in [1.29, 1.82) is 0 Å². The fraction of sp³-hybridized carbons (Fsp3) is 0.235. The summed E-state index contributed by atoms with van der Waals surface area (Å²) in [5.41, 5.74) is 1.36. The average molecular weight is 272 g/mol. The van der Waals surface area contributed by atoms with Crippen molar-refractivity contribution in [3.63, 3.8) is 0 Å². The molecule has 0 bridgehead atoms. The van der Waals surface area contributed by atoms with Crippen molar-refractivity contribution in [3.05, 3.63) is 71.5 Å². The first-order valence-electron chi connectivity index (χ1n) is 6.67. The van der Waals surface area contributed by atoms with Gasteiger partial charge >= 0.3 is 5.97 Å². The van der Waals surface area contributed by atoms with Gasteiger partial charge in [-0.15, -0.1) is 0 Å². The average Bonchev–Trinajstić information content (AvgIpc) is 2.47. The van der Waals surface area contributed by atoms with Crippen LogP contribution >= 0.6 is 0 Å². The van der Waals surface area contributed by atoms with Gasteiger partial charge in [0.05, 0.1) is 12.5 Å². The molecule has 2 rings (SSSR count). The molecule has 3 heteroatoms. The molecule has 2 aromatic carbocycles. The van der Waals surface area contributed by atoms with E-state index in [1.807, 2.05) is 30.3 Å². The van der Waals surface area contributed by atoms with Crippen LogP contribution in [0.5, 0.6) is 0 Å². The summed E-state index contributed by atoms with van der Waals surface area (Å²) in [6.45, 7) is 2.04. The quantitative estimate of drug-likeness (QED) is 0.775. The van der Waals surface area contributed by atoms with Crippen LogP contribution < -0.4 is 0 Å². The molecule has 104 valence electrons. The summed E-state index contributed by atoms with van der Waals surface area (Å²) in [5, 5.41) is 0. The molecule has 0 aliphatic heterocycles. The lowest BCUT2D eigenvalue weighted by Gasteiger charge is -2.16. The van der Waals surface area contributed by atoms with Gasteiger partial charge < -0.3 is 4.74 Å². The van der Waals surface area contributed by atoms with Crippen LogP contribution in [0.3, 0.4) is 0 Å². The third-order valence-electron chi connectivity index (χ3n) is 3.13. The summed E-state index contributed by atoms with van der Waals surface area (Å²) in [6.07, 6.45) is 0.431. The minimum Gasteiger partial charge on any atom is -0.466 e. The highest BCUT2D eigenvalue weighted by atomic mass is 19.1. The van der Waals surface area contributed by atoms with Gasteiger partial charge in [-0.3, -0.25) is 4.79 Å². The van der Waals surface area contributed by atoms with Gasteiger partial charge in [0.1, 0.15) is 5.82 Å². The highest BCUT2D eigenvalue weighted by Gasteiger charge is 2.25. The normalized spacial score (nSPS) is 11.9. The van der Waals surface area contributed by atoms with Crippen LogP contribution in [0.25, 0.3) is 0 Å². The lowest BCUT2D eigenvalue weighted by atomic mass is 9.91. The first-order valence-corrected chi connectivity index (χ1v) is 6.67. The van der Waals surface area contributed by atoms with Crippen LogP contribution in [0.4, 0.5) is 4.39 Å². The standard InChI is InChI=1S/C17H17FO2/c1-2-20-17(19)15(12-13-8-4-3-5-9-13)14-10-6-7-11-16(14)18/h3-11,15H,2,12H2,1H3. The first-order chi connectivity index (χ1) is 9.72. The van der Waals surface area contributed by atoms with Crippen LogP contribution in [0.15, 0.2) is 54.6 Å². The van der Waals surface area contributed by atoms with Gasteiger partial charge in [0.25, 0.3) is 0 Å². The molecule has 0 aliphatic carbocycles. The lowest BCUT2D eigenvalue weighted by molar-refractivity contribution is -0.145. The highest BCUT2D eigenvalue weighted by Crippen LogP contribution is 2.25. The molecule has 0 aromatic heterocycles. The van der Waals surface area contributed by atoms with Crippen LogP contribution in [-0.2, 0) is 16.0 Å². The number of carbonyl (C=O) groups excluding carboxylic acids is 1. The van der Waals surface area contributed by atoms with Gasteiger partial charge in [0, 0.05) is 5.56 Å². The van der Waals surface area contributed by atoms with E-state index in [1.54, 1.807) is 25.1 Å². The topological polar surface area (TPSA) is 26.3 Å². The molecule has 0 fully saturated rings. The van der Waals surface area contributed by atoms with E-state index in [-0.39, 0.29) is 11.8 Å². The molecule has 2 nitrogen and oxygen atoms in total. The molecule has 0 N–H and O–H groups in total. The van der Waals surface area contributed by atoms with Crippen molar-refractivity contribution in [2.24, 2.45) is 0 Å². The zero-order valence-corrected chi connectivity index (χ0v) is 11.4. The molecule has 1 atom stereocenters. The number of hydrogen-bond acceptors (Lipinski definition) is 2. The minimum atomic E-state index is -0.612. The molecule has 0 saturated heterocycles. The van der Waals surface area contributed by atoms with Gasteiger partial charge in [-0.25, -0.2) is 4.39 Å². The monoisotopic (exact) mass is 272 g/mol. The number of carbonyl (C=O) groups is 1. The largest absolute Gasteiger partial charge is 0.466 e. The zero-order chi connectivity index (χ0) is 14.4. The van der Waals surface area contributed by atoms with Gasteiger partial charge in [0.15, 0.2) is 0 Å². The van der Waals surface area contributed by atoms with Gasteiger partial charge in [-0.1, -0.05) is 48.5 Å². The van der Waals surface area contributed by atoms with E-state index in [0.29, 0.717) is 18.6 Å². The molecule has 0 saturated carbocycles. The number of hydrogen-bond donors (Lipinski definition) is 0. The SMILES string of the molecule is CCOC(=O)C(Cc1ccccc1)c1ccccc1F. The first kappa shape index (κ1) is 14.3. The van der Waals surface area contributed by atoms with Gasteiger partial charge in [-0.05, 0) is 25.0 Å². The van der Waals surface area contributed by atoms with Crippen LogP contribution in [0.2, 0.25) is 0 Å². The Labute approximate surface area is 118 Å². The van der Waals surface area contributed by atoms with E-state index < -0.39 is 5.92 Å². The number of esters is 1. The Kier molecular flexibility index (Phi) is 4.88. The Morgan fingerprint density at radius 2 is 1.75 bits per heavy atom. The molecule has 2 aromatic rings. The fourth-order valence-corrected chi connectivity index (χ4v) is 2.17. The summed E-state index contributed by atoms with van der Waals surface area (Å²) >= 11 is 0. The maximum Gasteiger partial charge on any atom is 0.313 e. The summed E-state index contributed by atoms with van der Waals surface area (Å²) in [7, 11) is 0. The second-order valence-corrected chi connectivity index (χ2v) is 4.52. The maximum atomic E-state index is 13.9. The Morgan fingerprint density at radius 1 is 1.10 bits per heavy atom. The molecule has 0 aliphatic rings. The van der Waals surface area contributed by atoms with E-state index in [4.69, 9.17) is 4.74 Å². The van der Waals surface area contributed by atoms with Crippen LogP contribution in [-0.4, -0.2) is 12.6 Å². The summed E-state index contributed by atoms with van der Waals surface area (Å²) in [5.74, 6) is -1.37. The smallest absolute Gasteiger partial charge is 0.313 e. The minimum absolute atomic E-state index is 0.290. The van der Waals surface area contributed by atoms with Crippen LogP contribution in [0.1, 0.15) is 24.0 Å². The van der Waals surface area contributed by atoms with Crippen LogP contribution in [0, 0.1) is 5.82 Å². The molecule has 1 unspecified atom stereocenters. The van der Waals surface area contributed by atoms with E-state index in [2.05, 4.69) is 0 Å². The Balaban J connectivity index is 2.30. The van der Waals surface area contributed by atoms with E-state index >= 15 is 0 Å².